The Bertz CT molecular complexity index is 412. The first-order chi connectivity index (χ1) is 11.7. The third kappa shape index (κ3) is 5.76. The van der Waals surface area contributed by atoms with E-state index in [1.54, 1.807) is 5.57 Å². The molecule has 0 spiro atoms. The Balaban J connectivity index is 0.000000471. The monoisotopic (exact) mass is 332 g/mol. The lowest BCUT2D eigenvalue weighted by Crippen LogP contribution is -2.28. The highest BCUT2D eigenvalue weighted by Crippen LogP contribution is 2.38. The smallest absolute Gasteiger partial charge is 0.0828 e. The van der Waals surface area contributed by atoms with Crippen LogP contribution in [0.3, 0.4) is 0 Å². The second-order valence-electron chi connectivity index (χ2n) is 8.23. The van der Waals surface area contributed by atoms with Crippen LogP contribution in [0, 0.1) is 11.8 Å². The van der Waals surface area contributed by atoms with E-state index in [1.807, 2.05) is 0 Å². The van der Waals surface area contributed by atoms with E-state index < -0.39 is 0 Å². The highest BCUT2D eigenvalue weighted by atomic mass is 16.5. The van der Waals surface area contributed by atoms with Gasteiger partial charge in [0.25, 0.3) is 0 Å². The van der Waals surface area contributed by atoms with Gasteiger partial charge in [-0.25, -0.2) is 0 Å². The maximum atomic E-state index is 6.46. The average Bonchev–Trinajstić information content (AvgIpc) is 3.09. The molecule has 24 heavy (non-hydrogen) atoms. The highest BCUT2D eigenvalue weighted by molar-refractivity contribution is 5.36. The van der Waals surface area contributed by atoms with Gasteiger partial charge in [-0.1, -0.05) is 77.0 Å². The lowest BCUT2D eigenvalue weighted by atomic mass is 9.78. The molecule has 0 bridgehead atoms. The van der Waals surface area contributed by atoms with Gasteiger partial charge in [-0.3, -0.25) is 0 Å². The van der Waals surface area contributed by atoms with Crippen molar-refractivity contribution in [3.05, 3.63) is 23.3 Å². The summed E-state index contributed by atoms with van der Waals surface area (Å²) in [6.07, 6.45) is 20.3. The lowest BCUT2D eigenvalue weighted by molar-refractivity contribution is -0.00151. The van der Waals surface area contributed by atoms with E-state index in [9.17, 15) is 0 Å². The minimum Gasteiger partial charge on any atom is -0.371 e. The minimum absolute atomic E-state index is 0.383. The van der Waals surface area contributed by atoms with Gasteiger partial charge in [0, 0.05) is 0 Å². The number of allylic oxidation sites excluding steroid dienone is 2. The van der Waals surface area contributed by atoms with Crippen LogP contribution >= 0.6 is 0 Å². The standard InChI is InChI=1S/C19H30O.C4H10/c1-14-7-5-11-18-17(14)10-6-12-19(18)20-15(2)13-16-8-3-4-9-16;1-3-4-2/h5,11,14-16,19H,3-4,6-10,12-13H2,1-2H3;3-4H2,1-2H3. The van der Waals surface area contributed by atoms with Crippen LogP contribution in [0.2, 0.25) is 0 Å². The first-order valence-electron chi connectivity index (χ1n) is 10.7. The van der Waals surface area contributed by atoms with E-state index >= 15 is 0 Å². The molecule has 1 saturated carbocycles. The van der Waals surface area contributed by atoms with Crippen LogP contribution in [0.15, 0.2) is 23.3 Å². The van der Waals surface area contributed by atoms with Crippen LogP contribution < -0.4 is 0 Å². The van der Waals surface area contributed by atoms with Gasteiger partial charge in [0.1, 0.15) is 0 Å². The number of ether oxygens (including phenoxy) is 1. The van der Waals surface area contributed by atoms with Gasteiger partial charge in [0.2, 0.25) is 0 Å². The predicted molar refractivity (Wildman–Crippen MR) is 105 cm³/mol. The second-order valence-corrected chi connectivity index (χ2v) is 8.23. The molecule has 3 atom stereocenters. The molecule has 0 aromatic rings. The van der Waals surface area contributed by atoms with E-state index in [1.165, 1.54) is 76.2 Å². The topological polar surface area (TPSA) is 9.23 Å². The van der Waals surface area contributed by atoms with Gasteiger partial charge in [0.15, 0.2) is 0 Å². The first-order valence-corrected chi connectivity index (χ1v) is 10.7. The summed E-state index contributed by atoms with van der Waals surface area (Å²) in [5.74, 6) is 1.68. The molecule has 3 unspecified atom stereocenters. The summed E-state index contributed by atoms with van der Waals surface area (Å²) in [7, 11) is 0. The van der Waals surface area contributed by atoms with Crippen molar-refractivity contribution in [3.8, 4) is 0 Å². The van der Waals surface area contributed by atoms with Gasteiger partial charge >= 0.3 is 0 Å². The molecule has 3 rings (SSSR count). The van der Waals surface area contributed by atoms with Crippen molar-refractivity contribution in [1.29, 1.82) is 0 Å². The molecular formula is C23H40O. The van der Waals surface area contributed by atoms with E-state index in [-0.39, 0.29) is 0 Å². The van der Waals surface area contributed by atoms with Crippen molar-refractivity contribution in [2.75, 3.05) is 0 Å². The van der Waals surface area contributed by atoms with E-state index in [4.69, 9.17) is 4.74 Å². The van der Waals surface area contributed by atoms with Crippen LogP contribution in [-0.4, -0.2) is 12.2 Å². The van der Waals surface area contributed by atoms with Crippen molar-refractivity contribution < 1.29 is 4.74 Å². The SMILES string of the molecule is CC(CC1CCCC1)OC1CCCC2=C1C=CCC2C.CCCC. The third-order valence-corrected chi connectivity index (χ3v) is 6.05. The van der Waals surface area contributed by atoms with Gasteiger partial charge in [0.05, 0.1) is 12.2 Å². The molecule has 3 aliphatic carbocycles. The van der Waals surface area contributed by atoms with Crippen LogP contribution in [0.4, 0.5) is 0 Å². The molecule has 0 saturated heterocycles. The molecule has 1 heteroatoms. The molecule has 0 amide bonds. The number of unbranched alkanes of at least 4 members (excludes halogenated alkanes) is 1. The number of rotatable bonds is 5. The van der Waals surface area contributed by atoms with E-state index in [0.29, 0.717) is 12.2 Å². The van der Waals surface area contributed by atoms with Crippen molar-refractivity contribution in [2.45, 2.75) is 111 Å². The normalized spacial score (nSPS) is 28.3. The molecule has 0 radical (unpaired) electrons. The third-order valence-electron chi connectivity index (χ3n) is 6.05. The second kappa shape index (κ2) is 10.4. The summed E-state index contributed by atoms with van der Waals surface area (Å²) in [4.78, 5) is 0. The zero-order valence-corrected chi connectivity index (χ0v) is 16.7. The quantitative estimate of drug-likeness (QED) is 0.516. The fraction of sp³-hybridized carbons (Fsp3) is 0.826. The molecule has 138 valence electrons. The molecule has 0 aromatic carbocycles. The van der Waals surface area contributed by atoms with Crippen LogP contribution in [0.1, 0.15) is 98.3 Å². The maximum absolute atomic E-state index is 6.46. The first kappa shape index (κ1) is 19.8. The van der Waals surface area contributed by atoms with E-state index in [0.717, 1.165) is 11.8 Å². The Morgan fingerprint density at radius 3 is 2.46 bits per heavy atom. The zero-order valence-electron chi connectivity index (χ0n) is 16.7. The molecule has 0 heterocycles. The molecule has 3 aliphatic rings. The largest absolute Gasteiger partial charge is 0.371 e. The highest BCUT2D eigenvalue weighted by Gasteiger charge is 2.28. The van der Waals surface area contributed by atoms with Crippen LogP contribution in [-0.2, 0) is 4.74 Å². The molecule has 0 N–H and O–H groups in total. The Labute approximate surface area is 150 Å². The van der Waals surface area contributed by atoms with Crippen molar-refractivity contribution in [1.82, 2.24) is 0 Å². The summed E-state index contributed by atoms with van der Waals surface area (Å²) in [6, 6.07) is 0. The lowest BCUT2D eigenvalue weighted by Gasteiger charge is -2.34. The predicted octanol–water partition coefficient (Wildman–Crippen LogP) is 7.22. The fourth-order valence-corrected chi connectivity index (χ4v) is 4.46. The van der Waals surface area contributed by atoms with Gasteiger partial charge in [-0.05, 0) is 56.4 Å². The van der Waals surface area contributed by atoms with Crippen molar-refractivity contribution in [3.63, 3.8) is 0 Å². The Morgan fingerprint density at radius 1 is 1.08 bits per heavy atom. The van der Waals surface area contributed by atoms with E-state index in [2.05, 4.69) is 39.8 Å². The van der Waals surface area contributed by atoms with Crippen LogP contribution in [0.5, 0.6) is 0 Å². The fourth-order valence-electron chi connectivity index (χ4n) is 4.46. The Hall–Kier alpha value is -0.560. The summed E-state index contributed by atoms with van der Waals surface area (Å²) < 4.78 is 6.46. The Morgan fingerprint density at radius 2 is 1.79 bits per heavy atom. The van der Waals surface area contributed by atoms with Crippen LogP contribution in [0.25, 0.3) is 0 Å². The molecule has 0 aromatic heterocycles. The minimum atomic E-state index is 0.383. The number of hydrogen-bond donors (Lipinski definition) is 0. The molecular weight excluding hydrogens is 292 g/mol. The van der Waals surface area contributed by atoms with Crippen molar-refractivity contribution >= 4 is 0 Å². The molecule has 1 nitrogen and oxygen atoms in total. The summed E-state index contributed by atoms with van der Waals surface area (Å²) in [5, 5.41) is 0. The number of hydrogen-bond acceptors (Lipinski definition) is 1. The summed E-state index contributed by atoms with van der Waals surface area (Å²) in [6.45, 7) is 9.03. The zero-order chi connectivity index (χ0) is 17.4. The average molecular weight is 333 g/mol. The summed E-state index contributed by atoms with van der Waals surface area (Å²) in [5.41, 5.74) is 3.23. The molecule has 0 aliphatic heterocycles. The van der Waals surface area contributed by atoms with Gasteiger partial charge in [-0.15, -0.1) is 0 Å². The summed E-state index contributed by atoms with van der Waals surface area (Å²) >= 11 is 0. The Kier molecular flexibility index (Phi) is 8.59. The van der Waals surface area contributed by atoms with Crippen molar-refractivity contribution in [2.24, 2.45) is 11.8 Å². The maximum Gasteiger partial charge on any atom is 0.0828 e. The molecule has 1 fully saturated rings. The van der Waals surface area contributed by atoms with Gasteiger partial charge < -0.3 is 4.74 Å². The van der Waals surface area contributed by atoms with Gasteiger partial charge in [-0.2, -0.15) is 0 Å².